The number of hydrogen-bond donors (Lipinski definition) is 1. The third-order valence-electron chi connectivity index (χ3n) is 3.21. The van der Waals surface area contributed by atoms with E-state index in [1.807, 2.05) is 39.0 Å². The van der Waals surface area contributed by atoms with E-state index in [1.54, 1.807) is 4.90 Å². The third kappa shape index (κ3) is 3.57. The monoisotopic (exact) mass is 296 g/mol. The standard InChI is InChI=1S/C15H21ClN2O2/c1-15(2,3)20-14(19)18-7-6-11-8-12(17)5-4-10(11)9-13(18)16/h4-5,8,13H,6-7,9,17H2,1-3H3. The molecule has 1 amide bonds. The van der Waals surface area contributed by atoms with E-state index >= 15 is 0 Å². The lowest BCUT2D eigenvalue weighted by atomic mass is 10.0. The smallest absolute Gasteiger partial charge is 0.411 e. The van der Waals surface area contributed by atoms with Crippen LogP contribution in [0.4, 0.5) is 10.5 Å². The molecule has 0 spiro atoms. The van der Waals surface area contributed by atoms with Gasteiger partial charge >= 0.3 is 6.09 Å². The number of nitrogens with zero attached hydrogens (tertiary/aromatic N) is 1. The largest absolute Gasteiger partial charge is 0.444 e. The van der Waals surface area contributed by atoms with E-state index in [-0.39, 0.29) is 6.09 Å². The van der Waals surface area contributed by atoms with Gasteiger partial charge in [0.2, 0.25) is 0 Å². The van der Waals surface area contributed by atoms with Gasteiger partial charge in [0.25, 0.3) is 0 Å². The molecule has 1 aromatic rings. The number of nitrogen functional groups attached to an aromatic ring is 1. The summed E-state index contributed by atoms with van der Waals surface area (Å²) in [6.07, 6.45) is 0.984. The minimum atomic E-state index is -0.517. The highest BCUT2D eigenvalue weighted by Crippen LogP contribution is 2.25. The first kappa shape index (κ1) is 15.0. The molecule has 1 atom stereocenters. The van der Waals surface area contributed by atoms with Crippen molar-refractivity contribution >= 4 is 23.4 Å². The number of hydrogen-bond acceptors (Lipinski definition) is 3. The molecular formula is C15H21ClN2O2. The first-order chi connectivity index (χ1) is 9.26. The molecule has 5 heteroatoms. The second-order valence-electron chi connectivity index (χ2n) is 6.09. The summed E-state index contributed by atoms with van der Waals surface area (Å²) >= 11 is 6.37. The van der Waals surface area contributed by atoms with E-state index in [0.717, 1.165) is 23.2 Å². The molecule has 0 aliphatic carbocycles. The van der Waals surface area contributed by atoms with Crippen molar-refractivity contribution in [3.63, 3.8) is 0 Å². The zero-order valence-electron chi connectivity index (χ0n) is 12.1. The number of anilines is 1. The molecule has 0 saturated heterocycles. The molecular weight excluding hydrogens is 276 g/mol. The van der Waals surface area contributed by atoms with Gasteiger partial charge in [0, 0.05) is 18.7 Å². The molecule has 0 aromatic heterocycles. The molecule has 1 heterocycles. The summed E-state index contributed by atoms with van der Waals surface area (Å²) in [6.45, 7) is 6.09. The Labute approximate surface area is 124 Å². The van der Waals surface area contributed by atoms with E-state index in [0.29, 0.717) is 13.0 Å². The van der Waals surface area contributed by atoms with Crippen molar-refractivity contribution in [3.05, 3.63) is 29.3 Å². The maximum absolute atomic E-state index is 12.2. The van der Waals surface area contributed by atoms with Gasteiger partial charge in [-0.3, -0.25) is 4.90 Å². The van der Waals surface area contributed by atoms with Gasteiger partial charge in [-0.05, 0) is 50.5 Å². The Bertz CT molecular complexity index is 511. The van der Waals surface area contributed by atoms with Crippen molar-refractivity contribution < 1.29 is 9.53 Å². The Kier molecular flexibility index (Phi) is 4.14. The van der Waals surface area contributed by atoms with Gasteiger partial charge in [-0.15, -0.1) is 0 Å². The summed E-state index contributed by atoms with van der Waals surface area (Å²) in [5, 5.41) is 0. The molecule has 0 fully saturated rings. The van der Waals surface area contributed by atoms with Crippen LogP contribution < -0.4 is 5.73 Å². The van der Waals surface area contributed by atoms with E-state index in [2.05, 4.69) is 0 Å². The van der Waals surface area contributed by atoms with Crippen molar-refractivity contribution in [2.24, 2.45) is 0 Å². The summed E-state index contributed by atoms with van der Waals surface area (Å²) < 4.78 is 5.40. The summed E-state index contributed by atoms with van der Waals surface area (Å²) in [7, 11) is 0. The van der Waals surface area contributed by atoms with Crippen molar-refractivity contribution in [1.29, 1.82) is 0 Å². The lowest BCUT2D eigenvalue weighted by Crippen LogP contribution is -2.42. The number of amides is 1. The van der Waals surface area contributed by atoms with E-state index < -0.39 is 11.1 Å². The molecule has 0 bridgehead atoms. The zero-order chi connectivity index (χ0) is 14.9. The van der Waals surface area contributed by atoms with Crippen LogP contribution in [0, 0.1) is 0 Å². The van der Waals surface area contributed by atoms with Crippen molar-refractivity contribution in [2.45, 2.75) is 44.7 Å². The minimum Gasteiger partial charge on any atom is -0.444 e. The van der Waals surface area contributed by atoms with Crippen LogP contribution in [0.1, 0.15) is 31.9 Å². The van der Waals surface area contributed by atoms with Gasteiger partial charge in [-0.1, -0.05) is 17.7 Å². The van der Waals surface area contributed by atoms with Gasteiger partial charge < -0.3 is 10.5 Å². The molecule has 2 N–H and O–H groups in total. The van der Waals surface area contributed by atoms with Crippen LogP contribution in [0.5, 0.6) is 0 Å². The van der Waals surface area contributed by atoms with Crippen LogP contribution in [-0.2, 0) is 17.6 Å². The van der Waals surface area contributed by atoms with Crippen LogP contribution in [0.2, 0.25) is 0 Å². The molecule has 2 rings (SSSR count). The zero-order valence-corrected chi connectivity index (χ0v) is 12.9. The highest BCUT2D eigenvalue weighted by atomic mass is 35.5. The first-order valence-electron chi connectivity index (χ1n) is 6.77. The number of alkyl halides is 1. The second-order valence-corrected chi connectivity index (χ2v) is 6.59. The van der Waals surface area contributed by atoms with E-state index in [9.17, 15) is 4.79 Å². The molecule has 110 valence electrons. The number of ether oxygens (including phenoxy) is 1. The van der Waals surface area contributed by atoms with Crippen molar-refractivity contribution in [2.75, 3.05) is 12.3 Å². The van der Waals surface area contributed by atoms with Gasteiger partial charge in [0.15, 0.2) is 0 Å². The van der Waals surface area contributed by atoms with Crippen molar-refractivity contribution in [3.8, 4) is 0 Å². The highest BCUT2D eigenvalue weighted by molar-refractivity contribution is 6.21. The SMILES string of the molecule is CC(C)(C)OC(=O)N1CCc2cc(N)ccc2CC1Cl. The molecule has 0 saturated carbocycles. The predicted octanol–water partition coefficient (Wildman–Crippen LogP) is 3.17. The third-order valence-corrected chi connectivity index (χ3v) is 3.60. The number of rotatable bonds is 0. The number of fused-ring (bicyclic) bond motifs is 1. The Hall–Kier alpha value is -1.42. The fourth-order valence-corrected chi connectivity index (χ4v) is 2.62. The lowest BCUT2D eigenvalue weighted by Gasteiger charge is -2.29. The normalized spacial score (nSPS) is 19.2. The topological polar surface area (TPSA) is 55.6 Å². The number of halogens is 1. The molecule has 1 aliphatic rings. The highest BCUT2D eigenvalue weighted by Gasteiger charge is 2.29. The molecule has 1 aromatic carbocycles. The quantitative estimate of drug-likeness (QED) is 0.454. The average molecular weight is 297 g/mol. The number of benzene rings is 1. The van der Waals surface area contributed by atoms with Crippen molar-refractivity contribution in [1.82, 2.24) is 4.90 Å². The second kappa shape index (κ2) is 5.52. The molecule has 1 unspecified atom stereocenters. The van der Waals surface area contributed by atoms with E-state index in [4.69, 9.17) is 22.1 Å². The van der Waals surface area contributed by atoms with Crippen LogP contribution in [0.15, 0.2) is 18.2 Å². The summed E-state index contributed by atoms with van der Waals surface area (Å²) in [5.74, 6) is 0. The van der Waals surface area contributed by atoms with Gasteiger partial charge in [0.05, 0.1) is 0 Å². The van der Waals surface area contributed by atoms with Gasteiger partial charge in [-0.25, -0.2) is 4.79 Å². The maximum Gasteiger partial charge on any atom is 0.411 e. The summed E-state index contributed by atoms with van der Waals surface area (Å²) in [4.78, 5) is 13.8. The first-order valence-corrected chi connectivity index (χ1v) is 7.21. The van der Waals surface area contributed by atoms with Gasteiger partial charge in [-0.2, -0.15) is 0 Å². The van der Waals surface area contributed by atoms with Crippen LogP contribution in [0.3, 0.4) is 0 Å². The van der Waals surface area contributed by atoms with Gasteiger partial charge in [0.1, 0.15) is 11.1 Å². The molecule has 1 aliphatic heterocycles. The Morgan fingerprint density at radius 3 is 2.75 bits per heavy atom. The number of carbonyl (C=O) groups excluding carboxylic acids is 1. The number of carbonyl (C=O) groups is 1. The Morgan fingerprint density at radius 1 is 1.40 bits per heavy atom. The summed E-state index contributed by atoms with van der Waals surface area (Å²) in [5.41, 5.74) is 7.93. The number of nitrogens with two attached hydrogens (primary N) is 1. The lowest BCUT2D eigenvalue weighted by molar-refractivity contribution is 0.0231. The molecule has 0 radical (unpaired) electrons. The van der Waals surface area contributed by atoms with Crippen LogP contribution in [-0.4, -0.2) is 28.6 Å². The minimum absolute atomic E-state index is 0.363. The fourth-order valence-electron chi connectivity index (χ4n) is 2.28. The Balaban J connectivity index is 2.15. The predicted molar refractivity (Wildman–Crippen MR) is 80.8 cm³/mol. The fraction of sp³-hybridized carbons (Fsp3) is 0.533. The summed E-state index contributed by atoms with van der Waals surface area (Å²) in [6, 6.07) is 5.81. The molecule has 4 nitrogen and oxygen atoms in total. The van der Waals surface area contributed by atoms with Crippen LogP contribution in [0.25, 0.3) is 0 Å². The Morgan fingerprint density at radius 2 is 2.10 bits per heavy atom. The maximum atomic E-state index is 12.2. The molecule has 20 heavy (non-hydrogen) atoms. The van der Waals surface area contributed by atoms with Crippen LogP contribution >= 0.6 is 11.6 Å². The van der Waals surface area contributed by atoms with E-state index in [1.165, 1.54) is 0 Å². The average Bonchev–Trinajstić information content (AvgIpc) is 2.45.